The van der Waals surface area contributed by atoms with Gasteiger partial charge in [0.15, 0.2) is 0 Å². The first kappa shape index (κ1) is 4.09. The van der Waals surface area contributed by atoms with Crippen molar-refractivity contribution >= 4 is 23.1 Å². The van der Waals surface area contributed by atoms with Crippen molar-refractivity contribution in [3.8, 4) is 0 Å². The zero-order chi connectivity index (χ0) is 4.41. The van der Waals surface area contributed by atoms with Gasteiger partial charge in [0, 0.05) is 5.38 Å². The molecule has 3 heteroatoms. The van der Waals surface area contributed by atoms with Crippen molar-refractivity contribution in [2.75, 3.05) is 0 Å². The predicted molar refractivity (Wildman–Crippen MR) is 27.1 cm³/mol. The van der Waals surface area contributed by atoms with E-state index < -0.39 is 0 Å². The lowest BCUT2D eigenvalue weighted by Gasteiger charge is -1.60. The van der Waals surface area contributed by atoms with Gasteiger partial charge in [0.25, 0.3) is 0 Å². The quantitative estimate of drug-likeness (QED) is 0.508. The molecule has 0 spiro atoms. The lowest BCUT2D eigenvalue weighted by Crippen LogP contribution is -1.46. The standard InChI is InChI=1S/C3H2ClNS/c4-3-1-2-6-5-3/h1-2H. The number of rotatable bonds is 0. The number of aromatic nitrogens is 1. The van der Waals surface area contributed by atoms with E-state index in [9.17, 15) is 0 Å². The molecule has 1 heterocycles. The number of hydrogen-bond acceptors (Lipinski definition) is 2. The van der Waals surface area contributed by atoms with Gasteiger partial charge in [-0.2, -0.15) is 4.37 Å². The highest BCUT2D eigenvalue weighted by molar-refractivity contribution is 7.03. The summed E-state index contributed by atoms with van der Waals surface area (Å²) in [6.45, 7) is 0. The van der Waals surface area contributed by atoms with Crippen LogP contribution in [0.2, 0.25) is 5.15 Å². The van der Waals surface area contributed by atoms with Crippen LogP contribution in [0.1, 0.15) is 0 Å². The topological polar surface area (TPSA) is 12.9 Å². The Morgan fingerprint density at radius 2 is 2.67 bits per heavy atom. The monoisotopic (exact) mass is 119 g/mol. The average molecular weight is 120 g/mol. The van der Waals surface area contributed by atoms with Gasteiger partial charge in [-0.05, 0) is 17.6 Å². The Labute approximate surface area is 44.7 Å². The smallest absolute Gasteiger partial charge is 0.142 e. The highest BCUT2D eigenvalue weighted by Crippen LogP contribution is 2.04. The van der Waals surface area contributed by atoms with E-state index in [1.165, 1.54) is 11.5 Å². The summed E-state index contributed by atoms with van der Waals surface area (Å²) in [6, 6.07) is 1.76. The first-order valence-corrected chi connectivity index (χ1v) is 2.67. The van der Waals surface area contributed by atoms with Gasteiger partial charge < -0.3 is 0 Å². The van der Waals surface area contributed by atoms with Crippen LogP contribution in [0.3, 0.4) is 0 Å². The number of nitrogens with zero attached hydrogens (tertiary/aromatic N) is 1. The van der Waals surface area contributed by atoms with Gasteiger partial charge >= 0.3 is 0 Å². The van der Waals surface area contributed by atoms with Gasteiger partial charge in [-0.3, -0.25) is 0 Å². The van der Waals surface area contributed by atoms with Crippen LogP contribution in [-0.4, -0.2) is 4.37 Å². The Bertz CT molecular complexity index is 114. The van der Waals surface area contributed by atoms with E-state index in [0.29, 0.717) is 5.15 Å². The first-order valence-electron chi connectivity index (χ1n) is 1.45. The highest BCUT2D eigenvalue weighted by atomic mass is 35.5. The molecule has 1 aromatic rings. The van der Waals surface area contributed by atoms with Crippen molar-refractivity contribution in [2.45, 2.75) is 0 Å². The van der Waals surface area contributed by atoms with Crippen molar-refractivity contribution in [1.29, 1.82) is 0 Å². The van der Waals surface area contributed by atoms with Crippen LogP contribution in [0.25, 0.3) is 0 Å². The van der Waals surface area contributed by atoms with Crippen molar-refractivity contribution in [2.24, 2.45) is 0 Å². The molecule has 1 rings (SSSR count). The highest BCUT2D eigenvalue weighted by Gasteiger charge is 1.79. The third kappa shape index (κ3) is 0.698. The molecule has 1 aromatic heterocycles. The van der Waals surface area contributed by atoms with E-state index in [4.69, 9.17) is 11.6 Å². The number of halogens is 1. The molecule has 1 nitrogen and oxygen atoms in total. The summed E-state index contributed by atoms with van der Waals surface area (Å²) < 4.78 is 3.72. The normalized spacial score (nSPS) is 8.83. The van der Waals surface area contributed by atoms with E-state index in [2.05, 4.69) is 4.37 Å². The molecule has 0 atom stereocenters. The molecule has 0 saturated carbocycles. The van der Waals surface area contributed by atoms with Gasteiger partial charge in [0.2, 0.25) is 0 Å². The van der Waals surface area contributed by atoms with E-state index in [0.717, 1.165) is 0 Å². The molecule has 32 valence electrons. The Hall–Kier alpha value is -0.0800. The Kier molecular flexibility index (Phi) is 1.08. The average Bonchev–Trinajstić information content (AvgIpc) is 1.86. The minimum Gasteiger partial charge on any atom is -0.181 e. The van der Waals surface area contributed by atoms with E-state index in [-0.39, 0.29) is 0 Å². The SMILES string of the molecule is Clc1ccsn1. The van der Waals surface area contributed by atoms with Crippen LogP contribution < -0.4 is 0 Å². The van der Waals surface area contributed by atoms with Crippen molar-refractivity contribution < 1.29 is 0 Å². The van der Waals surface area contributed by atoms with Crippen molar-refractivity contribution in [3.63, 3.8) is 0 Å². The second kappa shape index (κ2) is 1.58. The van der Waals surface area contributed by atoms with Crippen LogP contribution in [0.5, 0.6) is 0 Å². The maximum atomic E-state index is 5.35. The second-order valence-corrected chi connectivity index (χ2v) is 1.87. The summed E-state index contributed by atoms with van der Waals surface area (Å²) in [6.07, 6.45) is 0. The summed E-state index contributed by atoms with van der Waals surface area (Å²) in [7, 11) is 0. The Morgan fingerprint density at radius 3 is 2.83 bits per heavy atom. The minimum absolute atomic E-state index is 0.583. The molecular formula is C3H2ClNS. The van der Waals surface area contributed by atoms with Crippen molar-refractivity contribution in [3.05, 3.63) is 16.6 Å². The molecule has 0 radical (unpaired) electrons. The van der Waals surface area contributed by atoms with Crippen molar-refractivity contribution in [1.82, 2.24) is 4.37 Å². The Morgan fingerprint density at radius 1 is 1.83 bits per heavy atom. The summed E-state index contributed by atoms with van der Waals surface area (Å²) in [4.78, 5) is 0. The zero-order valence-electron chi connectivity index (χ0n) is 2.89. The minimum atomic E-state index is 0.583. The van der Waals surface area contributed by atoms with Gasteiger partial charge in [-0.15, -0.1) is 0 Å². The summed E-state index contributed by atoms with van der Waals surface area (Å²) >= 11 is 6.71. The van der Waals surface area contributed by atoms with Crippen LogP contribution >= 0.6 is 23.1 Å². The predicted octanol–water partition coefficient (Wildman–Crippen LogP) is 1.80. The molecule has 0 aliphatic carbocycles. The van der Waals surface area contributed by atoms with Gasteiger partial charge in [-0.1, -0.05) is 11.6 Å². The maximum Gasteiger partial charge on any atom is 0.142 e. The molecule has 0 unspecified atom stereocenters. The molecular weight excluding hydrogens is 118 g/mol. The summed E-state index contributed by atoms with van der Waals surface area (Å²) in [5, 5.41) is 2.42. The molecule has 6 heavy (non-hydrogen) atoms. The van der Waals surface area contributed by atoms with Crippen LogP contribution in [0.15, 0.2) is 11.4 Å². The molecule has 0 aromatic carbocycles. The fourth-order valence-electron chi connectivity index (χ4n) is 0.198. The molecule has 0 aliphatic rings. The molecule has 0 aliphatic heterocycles. The summed E-state index contributed by atoms with van der Waals surface area (Å²) in [5.74, 6) is 0. The molecule has 0 amide bonds. The van der Waals surface area contributed by atoms with Crippen LogP contribution in [0.4, 0.5) is 0 Å². The third-order valence-corrected chi connectivity index (χ3v) is 1.28. The van der Waals surface area contributed by atoms with Gasteiger partial charge in [0.1, 0.15) is 5.15 Å². The second-order valence-electron chi connectivity index (χ2n) is 0.822. The number of hydrogen-bond donors (Lipinski definition) is 0. The molecule has 0 N–H and O–H groups in total. The van der Waals surface area contributed by atoms with Gasteiger partial charge in [0.05, 0.1) is 0 Å². The van der Waals surface area contributed by atoms with Gasteiger partial charge in [-0.25, -0.2) is 0 Å². The first-order chi connectivity index (χ1) is 2.89. The lowest BCUT2D eigenvalue weighted by molar-refractivity contribution is 1.58. The maximum absolute atomic E-state index is 5.35. The van der Waals surface area contributed by atoms with Crippen LogP contribution in [-0.2, 0) is 0 Å². The largest absolute Gasteiger partial charge is 0.181 e. The zero-order valence-corrected chi connectivity index (χ0v) is 4.46. The third-order valence-electron chi connectivity index (χ3n) is 0.406. The van der Waals surface area contributed by atoms with E-state index in [1.54, 1.807) is 6.07 Å². The van der Waals surface area contributed by atoms with E-state index >= 15 is 0 Å². The van der Waals surface area contributed by atoms with Crippen LogP contribution in [0, 0.1) is 0 Å². The van der Waals surface area contributed by atoms with E-state index in [1.807, 2.05) is 5.38 Å². The fraction of sp³-hybridized carbons (Fsp3) is 0. The lowest BCUT2D eigenvalue weighted by atomic mass is 10.8. The fourth-order valence-corrected chi connectivity index (χ4v) is 0.867. The molecule has 0 fully saturated rings. The Balaban J connectivity index is 3.05. The molecule has 0 bridgehead atoms. The summed E-state index contributed by atoms with van der Waals surface area (Å²) in [5.41, 5.74) is 0. The molecule has 0 saturated heterocycles.